The van der Waals surface area contributed by atoms with Gasteiger partial charge in [-0.1, -0.05) is 11.8 Å². The number of aromatic nitrogens is 4. The molecule has 1 aliphatic carbocycles. The van der Waals surface area contributed by atoms with Crippen LogP contribution in [0.3, 0.4) is 0 Å². The van der Waals surface area contributed by atoms with Gasteiger partial charge in [0, 0.05) is 12.1 Å². The maximum Gasteiger partial charge on any atom is 0.233 e. The first-order valence-electron chi connectivity index (χ1n) is 9.13. The molecular weight excluding hydrogens is 366 g/mol. The molecule has 1 aromatic carbocycles. The second kappa shape index (κ2) is 7.75. The van der Waals surface area contributed by atoms with Crippen LogP contribution in [0.2, 0.25) is 0 Å². The third-order valence-electron chi connectivity index (χ3n) is 5.05. The van der Waals surface area contributed by atoms with Gasteiger partial charge in [0.1, 0.15) is 11.5 Å². The first-order valence-corrected chi connectivity index (χ1v) is 10.1. The molecule has 0 bridgehead atoms. The van der Waals surface area contributed by atoms with Crippen molar-refractivity contribution in [2.45, 2.75) is 42.9 Å². The van der Waals surface area contributed by atoms with E-state index in [2.05, 4.69) is 15.5 Å². The fourth-order valence-electron chi connectivity index (χ4n) is 3.53. The maximum absolute atomic E-state index is 12.9. The van der Waals surface area contributed by atoms with Crippen molar-refractivity contribution in [2.75, 3.05) is 26.5 Å². The molecule has 1 unspecified atom stereocenters. The molecule has 8 nitrogen and oxygen atoms in total. The number of carbonyl (C=O) groups excluding carboxylic acids is 1. The molecule has 1 amide bonds. The van der Waals surface area contributed by atoms with E-state index in [1.54, 1.807) is 14.2 Å². The third kappa shape index (κ3) is 3.73. The molecule has 9 heteroatoms. The normalized spacial score (nSPS) is 19.3. The molecule has 1 aliphatic heterocycles. The lowest BCUT2D eigenvalue weighted by molar-refractivity contribution is -0.129. The minimum absolute atomic E-state index is 0.00239. The van der Waals surface area contributed by atoms with Crippen LogP contribution >= 0.6 is 11.8 Å². The highest BCUT2D eigenvalue weighted by Gasteiger charge is 2.33. The monoisotopic (exact) mass is 389 g/mol. The molecule has 4 rings (SSSR count). The lowest BCUT2D eigenvalue weighted by Gasteiger charge is -2.26. The molecule has 0 radical (unpaired) electrons. The number of hydrogen-bond acceptors (Lipinski definition) is 7. The van der Waals surface area contributed by atoms with E-state index in [1.807, 2.05) is 27.8 Å². The summed E-state index contributed by atoms with van der Waals surface area (Å²) < 4.78 is 12.7. The Bertz CT molecular complexity index is 823. The summed E-state index contributed by atoms with van der Waals surface area (Å²) in [5.74, 6) is 1.97. The zero-order valence-corrected chi connectivity index (χ0v) is 16.3. The van der Waals surface area contributed by atoms with Crippen LogP contribution in [-0.2, 0) is 4.79 Å². The average molecular weight is 389 g/mol. The van der Waals surface area contributed by atoms with E-state index in [0.717, 1.165) is 54.4 Å². The number of tetrazole rings is 1. The van der Waals surface area contributed by atoms with E-state index in [-0.39, 0.29) is 11.9 Å². The number of rotatable bonds is 7. The van der Waals surface area contributed by atoms with Crippen LogP contribution in [0.4, 0.5) is 0 Å². The van der Waals surface area contributed by atoms with Gasteiger partial charge in [-0.25, -0.2) is 4.68 Å². The Morgan fingerprint density at radius 1 is 1.26 bits per heavy atom. The van der Waals surface area contributed by atoms with Crippen LogP contribution in [-0.4, -0.2) is 57.5 Å². The fourth-order valence-corrected chi connectivity index (χ4v) is 4.36. The van der Waals surface area contributed by atoms with Crippen molar-refractivity contribution in [1.82, 2.24) is 25.1 Å². The molecule has 2 aliphatic rings. The predicted octanol–water partition coefficient (Wildman–Crippen LogP) is 2.48. The van der Waals surface area contributed by atoms with Crippen molar-refractivity contribution in [3.63, 3.8) is 0 Å². The number of carbonyl (C=O) groups is 1. The summed E-state index contributed by atoms with van der Waals surface area (Å²) >= 11 is 1.41. The van der Waals surface area contributed by atoms with Gasteiger partial charge < -0.3 is 14.4 Å². The second-order valence-corrected chi connectivity index (χ2v) is 7.72. The first kappa shape index (κ1) is 18.1. The number of hydrogen-bond donors (Lipinski definition) is 0. The highest BCUT2D eigenvalue weighted by Crippen LogP contribution is 2.40. The van der Waals surface area contributed by atoms with E-state index < -0.39 is 0 Å². The van der Waals surface area contributed by atoms with Gasteiger partial charge in [0.2, 0.25) is 11.1 Å². The van der Waals surface area contributed by atoms with Gasteiger partial charge in [0.05, 0.1) is 32.1 Å². The summed E-state index contributed by atoms with van der Waals surface area (Å²) in [6, 6.07) is 6.14. The SMILES string of the molecule is COc1ccc(OC)c(C2CCCN2C(=O)CSc2nnnn2C2CC2)c1. The molecule has 2 aromatic rings. The lowest BCUT2D eigenvalue weighted by Crippen LogP contribution is -2.32. The Hall–Kier alpha value is -2.29. The zero-order valence-electron chi connectivity index (χ0n) is 15.5. The fraction of sp³-hybridized carbons (Fsp3) is 0.556. The summed E-state index contributed by atoms with van der Waals surface area (Å²) in [6.45, 7) is 0.748. The van der Waals surface area contributed by atoms with Crippen molar-refractivity contribution in [3.05, 3.63) is 23.8 Å². The standard InChI is InChI=1S/C18H23N5O3S/c1-25-13-7-8-16(26-2)14(10-13)15-4-3-9-22(15)17(24)11-27-18-19-20-21-23(18)12-5-6-12/h7-8,10,12,15H,3-6,9,11H2,1-2H3. The predicted molar refractivity (Wildman–Crippen MR) is 100 cm³/mol. The van der Waals surface area contributed by atoms with E-state index in [1.165, 1.54) is 11.8 Å². The third-order valence-corrected chi connectivity index (χ3v) is 5.97. The molecule has 27 heavy (non-hydrogen) atoms. The van der Waals surface area contributed by atoms with Gasteiger partial charge in [0.15, 0.2) is 0 Å². The molecule has 1 aromatic heterocycles. The van der Waals surface area contributed by atoms with Crippen LogP contribution in [0.15, 0.2) is 23.4 Å². The van der Waals surface area contributed by atoms with Crippen molar-refractivity contribution in [2.24, 2.45) is 0 Å². The van der Waals surface area contributed by atoms with Crippen LogP contribution in [0, 0.1) is 0 Å². The Balaban J connectivity index is 1.47. The van der Waals surface area contributed by atoms with Crippen molar-refractivity contribution in [3.8, 4) is 11.5 Å². The van der Waals surface area contributed by atoms with E-state index in [0.29, 0.717) is 11.8 Å². The summed E-state index contributed by atoms with van der Waals surface area (Å²) in [4.78, 5) is 14.9. The van der Waals surface area contributed by atoms with Crippen LogP contribution in [0.5, 0.6) is 11.5 Å². The molecule has 2 fully saturated rings. The summed E-state index contributed by atoms with van der Waals surface area (Å²) in [5.41, 5.74) is 0.996. The smallest absolute Gasteiger partial charge is 0.233 e. The number of benzene rings is 1. The Morgan fingerprint density at radius 3 is 2.85 bits per heavy atom. The topological polar surface area (TPSA) is 82.4 Å². The minimum atomic E-state index is 0.00239. The molecule has 1 atom stereocenters. The molecule has 2 heterocycles. The Morgan fingerprint density at radius 2 is 2.11 bits per heavy atom. The molecule has 144 valence electrons. The maximum atomic E-state index is 12.9. The lowest BCUT2D eigenvalue weighted by atomic mass is 10.0. The van der Waals surface area contributed by atoms with E-state index in [9.17, 15) is 4.79 Å². The van der Waals surface area contributed by atoms with Crippen LogP contribution < -0.4 is 9.47 Å². The van der Waals surface area contributed by atoms with Gasteiger partial charge in [0.25, 0.3) is 0 Å². The molecule has 0 spiro atoms. The van der Waals surface area contributed by atoms with Gasteiger partial charge in [-0.3, -0.25) is 4.79 Å². The second-order valence-electron chi connectivity index (χ2n) is 6.78. The number of amides is 1. The summed E-state index contributed by atoms with van der Waals surface area (Å²) in [6.07, 6.45) is 4.10. The van der Waals surface area contributed by atoms with Gasteiger partial charge in [-0.05, 0) is 54.3 Å². The highest BCUT2D eigenvalue weighted by molar-refractivity contribution is 7.99. The Labute approximate surface area is 162 Å². The summed E-state index contributed by atoms with van der Waals surface area (Å²) in [5, 5.41) is 12.6. The first-order chi connectivity index (χ1) is 13.2. The van der Waals surface area contributed by atoms with Crippen LogP contribution in [0.25, 0.3) is 0 Å². The van der Waals surface area contributed by atoms with Gasteiger partial charge in [-0.15, -0.1) is 5.10 Å². The molecule has 0 N–H and O–H groups in total. The number of methoxy groups -OCH3 is 2. The largest absolute Gasteiger partial charge is 0.497 e. The molecular formula is C18H23N5O3S. The number of nitrogens with zero attached hydrogens (tertiary/aromatic N) is 5. The highest BCUT2D eigenvalue weighted by atomic mass is 32.2. The quantitative estimate of drug-likeness (QED) is 0.673. The zero-order chi connectivity index (χ0) is 18.8. The van der Waals surface area contributed by atoms with Gasteiger partial charge in [-0.2, -0.15) is 0 Å². The number of ether oxygens (including phenoxy) is 2. The molecule has 1 saturated carbocycles. The number of likely N-dealkylation sites (tertiary alicyclic amines) is 1. The number of thioether (sulfide) groups is 1. The van der Waals surface area contributed by atoms with Crippen LogP contribution in [0.1, 0.15) is 43.3 Å². The van der Waals surface area contributed by atoms with Crippen molar-refractivity contribution >= 4 is 17.7 Å². The Kier molecular flexibility index (Phi) is 5.20. The van der Waals surface area contributed by atoms with E-state index in [4.69, 9.17) is 9.47 Å². The van der Waals surface area contributed by atoms with E-state index >= 15 is 0 Å². The van der Waals surface area contributed by atoms with Gasteiger partial charge >= 0.3 is 0 Å². The molecule has 1 saturated heterocycles. The summed E-state index contributed by atoms with van der Waals surface area (Å²) in [7, 11) is 3.30. The minimum Gasteiger partial charge on any atom is -0.497 e. The van der Waals surface area contributed by atoms with Crippen molar-refractivity contribution in [1.29, 1.82) is 0 Å². The average Bonchev–Trinajstić information content (AvgIpc) is 3.23. The van der Waals surface area contributed by atoms with Crippen molar-refractivity contribution < 1.29 is 14.3 Å².